The molecule has 27 heavy (non-hydrogen) atoms. The number of nitrogens with one attached hydrogen (secondary N) is 1. The number of pyridine rings is 1. The number of piperidine rings is 1. The van der Waals surface area contributed by atoms with Gasteiger partial charge in [0.1, 0.15) is 5.56 Å². The third kappa shape index (κ3) is 4.34. The second-order valence-corrected chi connectivity index (χ2v) is 7.03. The predicted molar refractivity (Wildman–Crippen MR) is 104 cm³/mol. The number of amides is 2. The average molecular weight is 408 g/mol. The van der Waals surface area contributed by atoms with Crippen molar-refractivity contribution in [2.75, 3.05) is 20.2 Å². The molecule has 1 saturated heterocycles. The van der Waals surface area contributed by atoms with Crippen molar-refractivity contribution < 1.29 is 14.3 Å². The fourth-order valence-corrected chi connectivity index (χ4v) is 3.58. The third-order valence-corrected chi connectivity index (χ3v) is 5.15. The molecule has 6 nitrogen and oxygen atoms in total. The molecule has 8 heteroatoms. The number of nitrogens with zero attached hydrogens (tertiary/aromatic N) is 2. The molecule has 1 N–H and O–H groups in total. The lowest BCUT2D eigenvalue weighted by atomic mass is 10.0. The molecule has 142 valence electrons. The summed E-state index contributed by atoms with van der Waals surface area (Å²) in [5.41, 5.74) is 0.838. The highest BCUT2D eigenvalue weighted by atomic mass is 35.5. The highest BCUT2D eigenvalue weighted by Gasteiger charge is 2.27. The normalized spacial score (nSPS) is 14.7. The molecule has 2 heterocycles. The Balaban J connectivity index is 1.62. The van der Waals surface area contributed by atoms with Crippen LogP contribution in [0.25, 0.3) is 0 Å². The van der Waals surface area contributed by atoms with E-state index in [1.165, 1.54) is 7.11 Å². The monoisotopic (exact) mass is 407 g/mol. The second-order valence-electron chi connectivity index (χ2n) is 6.21. The summed E-state index contributed by atoms with van der Waals surface area (Å²) in [6, 6.07) is 6.49. The quantitative estimate of drug-likeness (QED) is 0.842. The van der Waals surface area contributed by atoms with Gasteiger partial charge in [-0.15, -0.1) is 0 Å². The van der Waals surface area contributed by atoms with E-state index in [2.05, 4.69) is 10.3 Å². The molecule has 3 rings (SSSR count). The van der Waals surface area contributed by atoms with Gasteiger partial charge in [0, 0.05) is 37.1 Å². The highest BCUT2D eigenvalue weighted by Crippen LogP contribution is 2.34. The van der Waals surface area contributed by atoms with Crippen LogP contribution in [0.15, 0.2) is 36.7 Å². The Morgan fingerprint density at radius 1 is 1.11 bits per heavy atom. The van der Waals surface area contributed by atoms with Crippen LogP contribution in [-0.4, -0.2) is 47.9 Å². The van der Waals surface area contributed by atoms with E-state index in [4.69, 9.17) is 27.9 Å². The van der Waals surface area contributed by atoms with Crippen LogP contribution >= 0.6 is 23.2 Å². The molecule has 1 aromatic heterocycles. The third-order valence-electron chi connectivity index (χ3n) is 4.53. The SMILES string of the molecule is COc1c(Cl)ccc(Cl)c1C(=O)NC1CCN(C(=O)c2ccncc2)CC1. The zero-order valence-corrected chi connectivity index (χ0v) is 16.3. The molecule has 1 aliphatic heterocycles. The van der Waals surface area contributed by atoms with E-state index in [1.54, 1.807) is 41.6 Å². The summed E-state index contributed by atoms with van der Waals surface area (Å²) >= 11 is 12.3. The Morgan fingerprint density at radius 3 is 2.37 bits per heavy atom. The number of aromatic nitrogens is 1. The first-order valence-electron chi connectivity index (χ1n) is 8.53. The number of likely N-dealkylation sites (tertiary alicyclic amines) is 1. The molecule has 1 aromatic carbocycles. The molecule has 0 saturated carbocycles. The van der Waals surface area contributed by atoms with Gasteiger partial charge < -0.3 is 15.0 Å². The number of hydrogen-bond acceptors (Lipinski definition) is 4. The molecular formula is C19H19Cl2N3O3. The summed E-state index contributed by atoms with van der Waals surface area (Å²) < 4.78 is 5.23. The maximum atomic E-state index is 12.7. The van der Waals surface area contributed by atoms with Crippen molar-refractivity contribution in [1.82, 2.24) is 15.2 Å². The minimum absolute atomic E-state index is 0.0262. The summed E-state index contributed by atoms with van der Waals surface area (Å²) in [7, 11) is 1.44. The summed E-state index contributed by atoms with van der Waals surface area (Å²) in [6.07, 6.45) is 4.51. The number of benzene rings is 1. The first kappa shape index (κ1) is 19.5. The Bertz CT molecular complexity index is 838. The standard InChI is InChI=1S/C19H19Cl2N3O3/c1-27-17-15(21)3-2-14(20)16(17)18(25)23-13-6-10-24(11-7-13)19(26)12-4-8-22-9-5-12/h2-5,8-9,13H,6-7,10-11H2,1H3,(H,23,25). The van der Waals surface area contributed by atoms with E-state index in [-0.39, 0.29) is 34.2 Å². The lowest BCUT2D eigenvalue weighted by Gasteiger charge is -2.32. The fraction of sp³-hybridized carbons (Fsp3) is 0.316. The van der Waals surface area contributed by atoms with Crippen molar-refractivity contribution >= 4 is 35.0 Å². The molecule has 0 aliphatic carbocycles. The number of rotatable bonds is 4. The number of hydrogen-bond donors (Lipinski definition) is 1. The van der Waals surface area contributed by atoms with Gasteiger partial charge >= 0.3 is 0 Å². The average Bonchev–Trinajstić information content (AvgIpc) is 2.70. The van der Waals surface area contributed by atoms with Crippen LogP contribution in [0.4, 0.5) is 0 Å². The summed E-state index contributed by atoms with van der Waals surface area (Å²) in [5.74, 6) is -0.105. The maximum Gasteiger partial charge on any atom is 0.256 e. The van der Waals surface area contributed by atoms with E-state index >= 15 is 0 Å². The lowest BCUT2D eigenvalue weighted by molar-refractivity contribution is 0.0698. The van der Waals surface area contributed by atoms with Crippen LogP contribution in [0.2, 0.25) is 10.0 Å². The number of carbonyl (C=O) groups is 2. The number of halogens is 2. The van der Waals surface area contributed by atoms with E-state index in [9.17, 15) is 9.59 Å². The van der Waals surface area contributed by atoms with E-state index in [1.807, 2.05) is 0 Å². The van der Waals surface area contributed by atoms with Crippen molar-refractivity contribution in [1.29, 1.82) is 0 Å². The minimum Gasteiger partial charge on any atom is -0.494 e. The molecule has 2 amide bonds. The predicted octanol–water partition coefficient (Wildman–Crippen LogP) is 3.43. The summed E-state index contributed by atoms with van der Waals surface area (Å²) in [4.78, 5) is 30.9. The largest absolute Gasteiger partial charge is 0.494 e. The Kier molecular flexibility index (Phi) is 6.19. The van der Waals surface area contributed by atoms with Crippen LogP contribution in [0, 0.1) is 0 Å². The first-order chi connectivity index (χ1) is 13.0. The Morgan fingerprint density at radius 2 is 1.74 bits per heavy atom. The number of methoxy groups -OCH3 is 1. The molecule has 0 atom stereocenters. The van der Waals surface area contributed by atoms with Gasteiger partial charge in [0.15, 0.2) is 5.75 Å². The van der Waals surface area contributed by atoms with E-state index in [0.717, 1.165) is 0 Å². The topological polar surface area (TPSA) is 71.5 Å². The van der Waals surface area contributed by atoms with Crippen molar-refractivity contribution in [3.63, 3.8) is 0 Å². The van der Waals surface area contributed by atoms with Gasteiger partial charge in [-0.1, -0.05) is 23.2 Å². The number of ether oxygens (including phenoxy) is 1. The van der Waals surface area contributed by atoms with Crippen molar-refractivity contribution in [3.05, 3.63) is 57.8 Å². The molecule has 2 aromatic rings. The Labute approximate surface area is 167 Å². The second kappa shape index (κ2) is 8.59. The minimum atomic E-state index is -0.335. The van der Waals surface area contributed by atoms with Gasteiger partial charge in [-0.3, -0.25) is 14.6 Å². The number of carbonyl (C=O) groups excluding carboxylic acids is 2. The molecule has 0 unspecified atom stereocenters. The maximum absolute atomic E-state index is 12.7. The van der Waals surface area contributed by atoms with E-state index < -0.39 is 0 Å². The van der Waals surface area contributed by atoms with Gasteiger partial charge in [-0.2, -0.15) is 0 Å². The fourth-order valence-electron chi connectivity index (χ4n) is 3.11. The van der Waals surface area contributed by atoms with Crippen LogP contribution in [0.5, 0.6) is 5.75 Å². The summed E-state index contributed by atoms with van der Waals surface area (Å²) in [6.45, 7) is 1.12. The molecule has 0 spiro atoms. The van der Waals surface area contributed by atoms with E-state index in [0.29, 0.717) is 36.5 Å². The van der Waals surface area contributed by atoms with Crippen LogP contribution < -0.4 is 10.1 Å². The molecule has 1 fully saturated rings. The lowest BCUT2D eigenvalue weighted by Crippen LogP contribution is -2.46. The zero-order chi connectivity index (χ0) is 19.4. The van der Waals surface area contributed by atoms with Gasteiger partial charge in [0.2, 0.25) is 0 Å². The van der Waals surface area contributed by atoms with Crippen LogP contribution in [0.3, 0.4) is 0 Å². The van der Waals surface area contributed by atoms with Crippen LogP contribution in [0.1, 0.15) is 33.6 Å². The van der Waals surface area contributed by atoms with Crippen LogP contribution in [-0.2, 0) is 0 Å². The molecular weight excluding hydrogens is 389 g/mol. The molecule has 1 aliphatic rings. The highest BCUT2D eigenvalue weighted by molar-refractivity contribution is 6.37. The van der Waals surface area contributed by atoms with Gasteiger partial charge in [0.25, 0.3) is 11.8 Å². The first-order valence-corrected chi connectivity index (χ1v) is 9.29. The van der Waals surface area contributed by atoms with Crippen molar-refractivity contribution in [2.45, 2.75) is 18.9 Å². The molecule has 0 bridgehead atoms. The van der Waals surface area contributed by atoms with Gasteiger partial charge in [0.05, 0.1) is 17.2 Å². The van der Waals surface area contributed by atoms with Gasteiger partial charge in [-0.25, -0.2) is 0 Å². The zero-order valence-electron chi connectivity index (χ0n) is 14.7. The summed E-state index contributed by atoms with van der Waals surface area (Å²) in [5, 5.41) is 3.57. The Hall–Kier alpha value is -2.31. The smallest absolute Gasteiger partial charge is 0.256 e. The van der Waals surface area contributed by atoms with Crippen molar-refractivity contribution in [2.24, 2.45) is 0 Å². The van der Waals surface area contributed by atoms with Gasteiger partial charge in [-0.05, 0) is 37.1 Å². The molecule has 0 radical (unpaired) electrons. The van der Waals surface area contributed by atoms with Crippen molar-refractivity contribution in [3.8, 4) is 5.75 Å².